The van der Waals surface area contributed by atoms with Crippen LogP contribution in [0.5, 0.6) is 0 Å². The fourth-order valence-electron chi connectivity index (χ4n) is 2.79. The first-order valence-electron chi connectivity index (χ1n) is 7.90. The lowest BCUT2D eigenvalue weighted by molar-refractivity contribution is -0.158. The van der Waals surface area contributed by atoms with Crippen molar-refractivity contribution in [1.82, 2.24) is 10.4 Å². The van der Waals surface area contributed by atoms with E-state index in [-0.39, 0.29) is 17.2 Å². The number of hydrogen-bond donors (Lipinski definition) is 2. The smallest absolute Gasteiger partial charge is 0.351 e. The first kappa shape index (κ1) is 19.5. The van der Waals surface area contributed by atoms with Crippen molar-refractivity contribution < 1.29 is 37.2 Å². The number of alkyl halides is 3. The Labute approximate surface area is 155 Å². The summed E-state index contributed by atoms with van der Waals surface area (Å²) < 4.78 is 51.6. The van der Waals surface area contributed by atoms with Crippen molar-refractivity contribution >= 4 is 17.7 Å². The number of hydrogen-bond acceptors (Lipinski definition) is 4. The van der Waals surface area contributed by atoms with Crippen LogP contribution in [-0.2, 0) is 22.3 Å². The number of halogens is 4. The number of carbonyl (C=O) groups excluding carboxylic acids is 3. The van der Waals surface area contributed by atoms with Crippen molar-refractivity contribution in [3.8, 4) is 0 Å². The van der Waals surface area contributed by atoms with E-state index in [0.717, 1.165) is 18.2 Å². The molecular formula is C18H12F4N2O4. The van der Waals surface area contributed by atoms with Crippen LogP contribution in [0.4, 0.5) is 17.6 Å². The third-order valence-corrected chi connectivity index (χ3v) is 4.21. The predicted molar refractivity (Wildman–Crippen MR) is 85.4 cm³/mol. The van der Waals surface area contributed by atoms with Crippen LogP contribution in [0.3, 0.4) is 0 Å². The molecule has 0 saturated heterocycles. The summed E-state index contributed by atoms with van der Waals surface area (Å²) in [5.74, 6) is -5.76. The van der Waals surface area contributed by atoms with E-state index < -0.39 is 46.8 Å². The van der Waals surface area contributed by atoms with Crippen molar-refractivity contribution in [2.45, 2.75) is 18.6 Å². The average Bonchev–Trinajstić information content (AvgIpc) is 2.65. The number of benzene rings is 2. The van der Waals surface area contributed by atoms with Crippen LogP contribution in [0.15, 0.2) is 42.5 Å². The molecule has 6 nitrogen and oxygen atoms in total. The standard InChI is InChI=1S/C18H12F4N2O4/c19-11-4-1-9(2-5-11)8-23-15(25)14-12-6-3-10(18(20,21)22)7-13(12)16(26)24(28)17(14)27/h1-7,14,28H,8H2,(H,23,25). The van der Waals surface area contributed by atoms with Gasteiger partial charge in [-0.15, -0.1) is 0 Å². The summed E-state index contributed by atoms with van der Waals surface area (Å²) in [5, 5.41) is 11.7. The van der Waals surface area contributed by atoms with Crippen LogP contribution in [0.2, 0.25) is 0 Å². The lowest BCUT2D eigenvalue weighted by atomic mass is 9.87. The van der Waals surface area contributed by atoms with E-state index in [4.69, 9.17) is 0 Å². The Balaban J connectivity index is 1.91. The van der Waals surface area contributed by atoms with Crippen LogP contribution >= 0.6 is 0 Å². The molecule has 1 aliphatic heterocycles. The maximum absolute atomic E-state index is 12.9. The molecule has 0 spiro atoms. The van der Waals surface area contributed by atoms with Crippen molar-refractivity contribution in [2.24, 2.45) is 0 Å². The summed E-state index contributed by atoms with van der Waals surface area (Å²) in [6.07, 6.45) is -4.75. The predicted octanol–water partition coefficient (Wildman–Crippen LogP) is 2.62. The normalized spacial score (nSPS) is 16.8. The number of hydroxylamine groups is 2. The Bertz CT molecular complexity index is 957. The van der Waals surface area contributed by atoms with Crippen molar-refractivity contribution in [3.05, 3.63) is 70.5 Å². The highest BCUT2D eigenvalue weighted by atomic mass is 19.4. The molecule has 1 heterocycles. The van der Waals surface area contributed by atoms with E-state index in [1.165, 1.54) is 12.1 Å². The summed E-state index contributed by atoms with van der Waals surface area (Å²) >= 11 is 0. The Kier molecular flexibility index (Phi) is 4.90. The molecule has 2 aromatic rings. The Morgan fingerprint density at radius 1 is 1.11 bits per heavy atom. The van der Waals surface area contributed by atoms with Crippen molar-refractivity contribution in [1.29, 1.82) is 0 Å². The molecule has 146 valence electrons. The van der Waals surface area contributed by atoms with Gasteiger partial charge < -0.3 is 5.32 Å². The number of nitrogens with zero attached hydrogens (tertiary/aromatic N) is 1. The summed E-state index contributed by atoms with van der Waals surface area (Å²) in [5.41, 5.74) is -1.50. The van der Waals surface area contributed by atoms with Crippen LogP contribution in [0.25, 0.3) is 0 Å². The van der Waals surface area contributed by atoms with Crippen LogP contribution in [-0.4, -0.2) is 28.0 Å². The molecule has 3 amide bonds. The van der Waals surface area contributed by atoms with Crippen molar-refractivity contribution in [2.75, 3.05) is 0 Å². The highest BCUT2D eigenvalue weighted by Gasteiger charge is 2.44. The fraction of sp³-hybridized carbons (Fsp3) is 0.167. The Morgan fingerprint density at radius 2 is 1.75 bits per heavy atom. The number of fused-ring (bicyclic) bond motifs is 1. The average molecular weight is 396 g/mol. The van der Waals surface area contributed by atoms with Crippen molar-refractivity contribution in [3.63, 3.8) is 0 Å². The van der Waals surface area contributed by atoms with Gasteiger partial charge in [-0.05, 0) is 35.4 Å². The maximum atomic E-state index is 12.9. The van der Waals surface area contributed by atoms with Gasteiger partial charge in [0.15, 0.2) is 0 Å². The third-order valence-electron chi connectivity index (χ3n) is 4.21. The van der Waals surface area contributed by atoms with E-state index >= 15 is 0 Å². The molecule has 0 radical (unpaired) electrons. The quantitative estimate of drug-likeness (QED) is 0.362. The molecule has 0 aromatic heterocycles. The zero-order chi connectivity index (χ0) is 20.6. The molecule has 1 aliphatic rings. The molecule has 2 aromatic carbocycles. The van der Waals surface area contributed by atoms with Crippen LogP contribution in [0, 0.1) is 5.82 Å². The molecule has 10 heteroatoms. The van der Waals surface area contributed by atoms with E-state index in [1.54, 1.807) is 0 Å². The van der Waals surface area contributed by atoms with Gasteiger partial charge in [0.05, 0.1) is 5.56 Å². The molecule has 0 saturated carbocycles. The van der Waals surface area contributed by atoms with E-state index in [2.05, 4.69) is 5.32 Å². The summed E-state index contributed by atoms with van der Waals surface area (Å²) in [6, 6.07) is 7.10. The topological polar surface area (TPSA) is 86.7 Å². The number of imide groups is 1. The van der Waals surface area contributed by atoms with Gasteiger partial charge in [-0.1, -0.05) is 18.2 Å². The summed E-state index contributed by atoms with van der Waals surface area (Å²) in [7, 11) is 0. The van der Waals surface area contributed by atoms with Gasteiger partial charge in [0.25, 0.3) is 11.8 Å². The lowest BCUT2D eigenvalue weighted by Gasteiger charge is -2.28. The van der Waals surface area contributed by atoms with Crippen LogP contribution < -0.4 is 5.32 Å². The SMILES string of the molecule is O=C(NCc1ccc(F)cc1)C1C(=O)N(O)C(=O)c2cc(C(F)(F)F)ccc21. The first-order chi connectivity index (χ1) is 13.1. The maximum Gasteiger partial charge on any atom is 0.416 e. The van der Waals surface area contributed by atoms with Crippen LogP contribution in [0.1, 0.15) is 33.0 Å². The minimum Gasteiger partial charge on any atom is -0.351 e. The van der Waals surface area contributed by atoms with E-state index in [1.807, 2.05) is 0 Å². The van der Waals surface area contributed by atoms with Gasteiger partial charge in [0, 0.05) is 12.1 Å². The second-order valence-electron chi connectivity index (χ2n) is 6.03. The molecule has 1 unspecified atom stereocenters. The Morgan fingerprint density at radius 3 is 2.36 bits per heavy atom. The fourth-order valence-corrected chi connectivity index (χ4v) is 2.79. The molecule has 28 heavy (non-hydrogen) atoms. The van der Waals surface area contributed by atoms with E-state index in [9.17, 15) is 37.2 Å². The second kappa shape index (κ2) is 7.04. The van der Waals surface area contributed by atoms with Gasteiger partial charge >= 0.3 is 6.18 Å². The zero-order valence-corrected chi connectivity index (χ0v) is 14.0. The van der Waals surface area contributed by atoms with Gasteiger partial charge in [-0.2, -0.15) is 18.2 Å². The van der Waals surface area contributed by atoms with Gasteiger partial charge in [-0.3, -0.25) is 19.6 Å². The minimum absolute atomic E-state index is 0.0990. The number of amides is 3. The molecule has 0 aliphatic carbocycles. The van der Waals surface area contributed by atoms with E-state index in [0.29, 0.717) is 17.7 Å². The zero-order valence-electron chi connectivity index (χ0n) is 14.0. The number of rotatable bonds is 3. The summed E-state index contributed by atoms with van der Waals surface area (Å²) in [4.78, 5) is 36.7. The third kappa shape index (κ3) is 3.58. The summed E-state index contributed by atoms with van der Waals surface area (Å²) in [6.45, 7) is -0.0990. The first-order valence-corrected chi connectivity index (χ1v) is 7.90. The number of nitrogens with one attached hydrogen (secondary N) is 1. The molecule has 3 rings (SSSR count). The van der Waals surface area contributed by atoms with Gasteiger partial charge in [0.2, 0.25) is 5.91 Å². The highest BCUT2D eigenvalue weighted by Crippen LogP contribution is 2.35. The molecular weight excluding hydrogens is 384 g/mol. The molecule has 0 bridgehead atoms. The van der Waals surface area contributed by atoms with Gasteiger partial charge in [-0.25, -0.2) is 4.39 Å². The van der Waals surface area contributed by atoms with Gasteiger partial charge in [0.1, 0.15) is 11.7 Å². The highest BCUT2D eigenvalue weighted by molar-refractivity contribution is 6.18. The second-order valence-corrected chi connectivity index (χ2v) is 6.03. The number of carbonyl (C=O) groups is 3. The lowest BCUT2D eigenvalue weighted by Crippen LogP contribution is -2.47. The molecule has 0 fully saturated rings. The molecule has 1 atom stereocenters. The minimum atomic E-state index is -4.75. The Hall–Kier alpha value is -3.27. The monoisotopic (exact) mass is 396 g/mol. The largest absolute Gasteiger partial charge is 0.416 e. The molecule has 2 N–H and O–H groups in total.